The van der Waals surface area contributed by atoms with Crippen molar-refractivity contribution in [1.29, 1.82) is 0 Å². The van der Waals surface area contributed by atoms with E-state index in [1.807, 2.05) is 24.3 Å². The smallest absolute Gasteiger partial charge is 0.159 e. The van der Waals surface area contributed by atoms with Gasteiger partial charge in [0.25, 0.3) is 0 Å². The lowest BCUT2D eigenvalue weighted by Gasteiger charge is -2.14. The quantitative estimate of drug-likeness (QED) is 0.628. The van der Waals surface area contributed by atoms with Crippen LogP contribution in [0.2, 0.25) is 5.02 Å². The van der Waals surface area contributed by atoms with Crippen LogP contribution in [0.15, 0.2) is 48.8 Å². The third-order valence-electron chi connectivity index (χ3n) is 3.43. The largest absolute Gasteiger partial charge is 0.495 e. The highest BCUT2D eigenvalue weighted by atomic mass is 35.5. The molecular formula is C17H15ClFN5O. The van der Waals surface area contributed by atoms with Gasteiger partial charge in [0, 0.05) is 5.69 Å². The molecule has 0 aliphatic heterocycles. The topological polar surface area (TPSA) is 85.1 Å². The van der Waals surface area contributed by atoms with Gasteiger partial charge >= 0.3 is 0 Å². The van der Waals surface area contributed by atoms with E-state index in [0.717, 1.165) is 0 Å². The molecule has 0 saturated heterocycles. The van der Waals surface area contributed by atoms with E-state index in [1.165, 1.54) is 24.5 Å². The number of ether oxygens (including phenoxy) is 1. The number of nitrogens with zero attached hydrogens (tertiary/aromatic N) is 2. The summed E-state index contributed by atoms with van der Waals surface area (Å²) in [4.78, 5) is 8.27. The molecular weight excluding hydrogens is 345 g/mol. The Hall–Kier alpha value is -3.06. The van der Waals surface area contributed by atoms with Gasteiger partial charge in [0.2, 0.25) is 0 Å². The van der Waals surface area contributed by atoms with Crippen LogP contribution in [0.3, 0.4) is 0 Å². The molecule has 1 aromatic heterocycles. The number of methoxy groups -OCH3 is 1. The minimum absolute atomic E-state index is 0.00463. The molecule has 0 spiro atoms. The fraction of sp³-hybridized carbons (Fsp3) is 0.0588. The van der Waals surface area contributed by atoms with Gasteiger partial charge in [-0.05, 0) is 30.3 Å². The van der Waals surface area contributed by atoms with E-state index in [0.29, 0.717) is 34.4 Å². The molecule has 1 heterocycles. The van der Waals surface area contributed by atoms with Crippen LogP contribution < -0.4 is 21.1 Å². The van der Waals surface area contributed by atoms with E-state index in [2.05, 4.69) is 20.6 Å². The number of hydrogen-bond acceptors (Lipinski definition) is 6. The second-order valence-electron chi connectivity index (χ2n) is 5.06. The van der Waals surface area contributed by atoms with Crippen molar-refractivity contribution < 1.29 is 9.13 Å². The molecule has 0 aliphatic rings. The van der Waals surface area contributed by atoms with Gasteiger partial charge < -0.3 is 21.1 Å². The normalized spacial score (nSPS) is 10.4. The Morgan fingerprint density at radius 3 is 2.52 bits per heavy atom. The van der Waals surface area contributed by atoms with Crippen molar-refractivity contribution in [3.8, 4) is 5.75 Å². The summed E-state index contributed by atoms with van der Waals surface area (Å²) in [7, 11) is 1.58. The summed E-state index contributed by atoms with van der Waals surface area (Å²) in [6, 6.07) is 11.6. The number of rotatable bonds is 5. The van der Waals surface area contributed by atoms with Crippen LogP contribution in [0.25, 0.3) is 0 Å². The molecule has 25 heavy (non-hydrogen) atoms. The minimum Gasteiger partial charge on any atom is -0.495 e. The Bertz CT molecular complexity index is 906. The van der Waals surface area contributed by atoms with Crippen LogP contribution in [0.5, 0.6) is 5.75 Å². The Morgan fingerprint density at radius 2 is 1.80 bits per heavy atom. The van der Waals surface area contributed by atoms with E-state index >= 15 is 0 Å². The monoisotopic (exact) mass is 359 g/mol. The first-order valence-corrected chi connectivity index (χ1v) is 7.69. The molecule has 0 unspecified atom stereocenters. The predicted octanol–water partition coefficient (Wildman–Crippen LogP) is 4.35. The number of hydrogen-bond donors (Lipinski definition) is 3. The van der Waals surface area contributed by atoms with E-state index in [-0.39, 0.29) is 5.02 Å². The fourth-order valence-corrected chi connectivity index (χ4v) is 2.36. The van der Waals surface area contributed by atoms with Gasteiger partial charge in [-0.1, -0.05) is 23.7 Å². The molecule has 0 atom stereocenters. The molecule has 0 fully saturated rings. The minimum atomic E-state index is -0.499. The summed E-state index contributed by atoms with van der Waals surface area (Å²) in [5.41, 5.74) is 7.71. The number of nitrogens with two attached hydrogens (primary N) is 1. The van der Waals surface area contributed by atoms with Gasteiger partial charge in [0.1, 0.15) is 23.6 Å². The van der Waals surface area contributed by atoms with Crippen LogP contribution in [-0.2, 0) is 0 Å². The van der Waals surface area contributed by atoms with Gasteiger partial charge in [0.05, 0.1) is 17.8 Å². The average molecular weight is 360 g/mol. The van der Waals surface area contributed by atoms with Gasteiger partial charge in [-0.15, -0.1) is 0 Å². The average Bonchev–Trinajstić information content (AvgIpc) is 2.62. The van der Waals surface area contributed by atoms with Crippen molar-refractivity contribution in [3.63, 3.8) is 0 Å². The molecule has 128 valence electrons. The summed E-state index contributed by atoms with van der Waals surface area (Å²) >= 11 is 5.79. The number of halogens is 2. The number of nitrogens with one attached hydrogen (secondary N) is 2. The molecule has 0 saturated carbocycles. The molecule has 0 aliphatic carbocycles. The van der Waals surface area contributed by atoms with Gasteiger partial charge in [0.15, 0.2) is 11.6 Å². The van der Waals surface area contributed by atoms with Crippen molar-refractivity contribution in [3.05, 3.63) is 59.6 Å². The van der Waals surface area contributed by atoms with E-state index in [4.69, 9.17) is 22.1 Å². The van der Waals surface area contributed by atoms with Crippen LogP contribution in [-0.4, -0.2) is 17.1 Å². The second-order valence-corrected chi connectivity index (χ2v) is 5.47. The van der Waals surface area contributed by atoms with Crippen LogP contribution in [0.4, 0.5) is 33.1 Å². The highest BCUT2D eigenvalue weighted by Crippen LogP contribution is 2.32. The Kier molecular flexibility index (Phi) is 4.85. The number of para-hydroxylation sites is 2. The number of anilines is 5. The molecule has 0 bridgehead atoms. The van der Waals surface area contributed by atoms with E-state index in [1.54, 1.807) is 7.11 Å². The zero-order valence-electron chi connectivity index (χ0n) is 13.3. The summed E-state index contributed by atoms with van der Waals surface area (Å²) < 4.78 is 18.6. The highest BCUT2D eigenvalue weighted by Gasteiger charge is 2.11. The molecule has 2 aromatic carbocycles. The van der Waals surface area contributed by atoms with Gasteiger partial charge in [-0.2, -0.15) is 0 Å². The lowest BCUT2D eigenvalue weighted by molar-refractivity contribution is 0.417. The molecule has 3 aromatic rings. The van der Waals surface area contributed by atoms with Crippen molar-refractivity contribution in [2.45, 2.75) is 0 Å². The van der Waals surface area contributed by atoms with Crippen LogP contribution >= 0.6 is 11.6 Å². The number of benzene rings is 2. The van der Waals surface area contributed by atoms with Gasteiger partial charge in [-0.3, -0.25) is 0 Å². The summed E-state index contributed by atoms with van der Waals surface area (Å²) in [6.45, 7) is 0. The van der Waals surface area contributed by atoms with Crippen molar-refractivity contribution in [2.24, 2.45) is 0 Å². The predicted molar refractivity (Wildman–Crippen MR) is 97.4 cm³/mol. The van der Waals surface area contributed by atoms with E-state index < -0.39 is 5.82 Å². The molecule has 3 rings (SSSR count). The summed E-state index contributed by atoms with van der Waals surface area (Å²) in [5.74, 6) is 0.937. The second kappa shape index (κ2) is 7.23. The van der Waals surface area contributed by atoms with Crippen LogP contribution in [0, 0.1) is 5.82 Å². The third-order valence-corrected chi connectivity index (χ3v) is 3.72. The summed E-state index contributed by atoms with van der Waals surface area (Å²) in [6.07, 6.45) is 1.36. The fourth-order valence-electron chi connectivity index (χ4n) is 2.18. The zero-order valence-corrected chi connectivity index (χ0v) is 14.0. The lowest BCUT2D eigenvalue weighted by Crippen LogP contribution is -2.05. The molecule has 8 heteroatoms. The van der Waals surface area contributed by atoms with Gasteiger partial charge in [-0.25, -0.2) is 14.4 Å². The third kappa shape index (κ3) is 3.72. The maximum atomic E-state index is 13.3. The maximum Gasteiger partial charge on any atom is 0.159 e. The maximum absolute atomic E-state index is 13.3. The van der Waals surface area contributed by atoms with Crippen molar-refractivity contribution >= 4 is 40.3 Å². The first kappa shape index (κ1) is 16.8. The molecule has 0 amide bonds. The Morgan fingerprint density at radius 1 is 1.08 bits per heavy atom. The van der Waals surface area contributed by atoms with Crippen LogP contribution in [0.1, 0.15) is 0 Å². The molecule has 6 nitrogen and oxygen atoms in total. The highest BCUT2D eigenvalue weighted by molar-refractivity contribution is 6.31. The van der Waals surface area contributed by atoms with Crippen molar-refractivity contribution in [1.82, 2.24) is 9.97 Å². The molecule has 4 N–H and O–H groups in total. The Balaban J connectivity index is 1.88. The van der Waals surface area contributed by atoms with E-state index in [9.17, 15) is 4.39 Å². The number of nitrogen functional groups attached to an aromatic ring is 1. The first-order valence-electron chi connectivity index (χ1n) is 7.31. The standard InChI is InChI=1S/C17H15ClFN5O/c1-25-14-5-3-2-4-13(14)24-17-15(20)16(21-9-22-17)23-10-6-7-12(19)11(18)8-10/h2-9H,20H2,1H3,(H2,21,22,23,24). The Labute approximate surface area is 148 Å². The SMILES string of the molecule is COc1ccccc1Nc1ncnc(Nc2ccc(F)c(Cl)c2)c1N. The first-order chi connectivity index (χ1) is 12.1. The van der Waals surface area contributed by atoms with Crippen molar-refractivity contribution in [2.75, 3.05) is 23.5 Å². The lowest BCUT2D eigenvalue weighted by atomic mass is 10.2. The molecule has 0 radical (unpaired) electrons. The summed E-state index contributed by atoms with van der Waals surface area (Å²) in [5, 5.41) is 6.11. The number of aromatic nitrogens is 2. The zero-order chi connectivity index (χ0) is 17.8.